The molecule has 0 bridgehead atoms. The van der Waals surface area contributed by atoms with Crippen molar-refractivity contribution in [3.63, 3.8) is 0 Å². The maximum Gasteiger partial charge on any atom is 0.223 e. The van der Waals surface area contributed by atoms with Crippen molar-refractivity contribution in [1.29, 1.82) is 0 Å². The molecule has 90 valence electrons. The first kappa shape index (κ1) is 11.9. The minimum Gasteiger partial charge on any atom is -0.303 e. The summed E-state index contributed by atoms with van der Waals surface area (Å²) in [4.78, 5) is 38.5. The monoisotopic (exact) mass is 252 g/mol. The molecule has 6 heteroatoms. The van der Waals surface area contributed by atoms with Crippen molar-refractivity contribution in [3.8, 4) is 0 Å². The van der Waals surface area contributed by atoms with E-state index in [9.17, 15) is 14.4 Å². The fourth-order valence-electron chi connectivity index (χ4n) is 1.84. The van der Waals surface area contributed by atoms with Crippen LogP contribution in [-0.4, -0.2) is 23.0 Å². The lowest BCUT2D eigenvalue weighted by Crippen LogP contribution is -2.13. The maximum atomic E-state index is 12.0. The van der Waals surface area contributed by atoms with E-state index in [1.165, 1.54) is 6.92 Å². The number of carbonyl (C=O) groups excluding carboxylic acids is 3. The molecule has 0 aliphatic heterocycles. The molecular formula is C11H12N2O3S. The molecule has 5 nitrogen and oxygen atoms in total. The van der Waals surface area contributed by atoms with E-state index in [0.29, 0.717) is 34.8 Å². The number of aromatic nitrogens is 1. The van der Waals surface area contributed by atoms with Crippen molar-refractivity contribution >= 4 is 34.4 Å². The number of carbonyl (C=O) groups is 3. The number of anilines is 1. The topological polar surface area (TPSA) is 76.1 Å². The SMILES string of the molecule is CC(=O)Nc1nc2c(s1)C(=O)C(C=O)CCC2. The van der Waals surface area contributed by atoms with Gasteiger partial charge in [0.2, 0.25) is 5.91 Å². The Bertz CT molecular complexity index is 481. The lowest BCUT2D eigenvalue weighted by Gasteiger charge is -2.02. The summed E-state index contributed by atoms with van der Waals surface area (Å²) in [6, 6.07) is 0. The number of nitrogens with zero attached hydrogens (tertiary/aromatic N) is 1. The summed E-state index contributed by atoms with van der Waals surface area (Å²) in [5.74, 6) is -0.934. The Morgan fingerprint density at radius 3 is 3.00 bits per heavy atom. The summed E-state index contributed by atoms with van der Waals surface area (Å²) in [6.07, 6.45) is 2.74. The smallest absolute Gasteiger partial charge is 0.223 e. The largest absolute Gasteiger partial charge is 0.303 e. The third-order valence-corrected chi connectivity index (χ3v) is 3.66. The molecule has 1 aliphatic rings. The first-order valence-corrected chi connectivity index (χ1v) is 6.20. The van der Waals surface area contributed by atoms with Crippen LogP contribution in [0.3, 0.4) is 0 Å². The number of Topliss-reactive ketones (excluding diaryl/α,β-unsaturated/α-hetero) is 1. The van der Waals surface area contributed by atoms with Gasteiger partial charge >= 0.3 is 0 Å². The summed E-state index contributed by atoms with van der Waals surface area (Å²) >= 11 is 1.15. The Morgan fingerprint density at radius 2 is 2.35 bits per heavy atom. The highest BCUT2D eigenvalue weighted by Crippen LogP contribution is 2.30. The highest BCUT2D eigenvalue weighted by Gasteiger charge is 2.28. The quantitative estimate of drug-likeness (QED) is 0.491. The van der Waals surface area contributed by atoms with Gasteiger partial charge in [-0.15, -0.1) is 0 Å². The van der Waals surface area contributed by atoms with Gasteiger partial charge in [0.25, 0.3) is 0 Å². The molecule has 1 unspecified atom stereocenters. The summed E-state index contributed by atoms with van der Waals surface area (Å²) < 4.78 is 0. The van der Waals surface area contributed by atoms with Crippen LogP contribution in [0.25, 0.3) is 0 Å². The molecule has 17 heavy (non-hydrogen) atoms. The van der Waals surface area contributed by atoms with E-state index in [4.69, 9.17) is 0 Å². The average molecular weight is 252 g/mol. The molecule has 1 heterocycles. The predicted octanol–water partition coefficient (Wildman–Crippen LogP) is 1.44. The predicted molar refractivity (Wildman–Crippen MR) is 63.2 cm³/mol. The highest BCUT2D eigenvalue weighted by atomic mass is 32.1. The Morgan fingerprint density at radius 1 is 1.59 bits per heavy atom. The van der Waals surface area contributed by atoms with Crippen LogP contribution in [0.1, 0.15) is 35.1 Å². The molecular weight excluding hydrogens is 240 g/mol. The Balaban J connectivity index is 2.33. The zero-order chi connectivity index (χ0) is 12.4. The molecule has 1 atom stereocenters. The van der Waals surface area contributed by atoms with Crippen LogP contribution in [0.4, 0.5) is 5.13 Å². The van der Waals surface area contributed by atoms with Crippen molar-refractivity contribution in [2.24, 2.45) is 5.92 Å². The maximum absolute atomic E-state index is 12.0. The summed E-state index contributed by atoms with van der Waals surface area (Å²) in [5, 5.41) is 3.00. The van der Waals surface area contributed by atoms with Gasteiger partial charge in [-0.2, -0.15) is 0 Å². The van der Waals surface area contributed by atoms with Crippen molar-refractivity contribution in [1.82, 2.24) is 4.98 Å². The third-order valence-electron chi connectivity index (χ3n) is 2.63. The number of rotatable bonds is 2. The summed E-state index contributed by atoms with van der Waals surface area (Å²) in [5.41, 5.74) is 0.702. The molecule has 0 saturated heterocycles. The van der Waals surface area contributed by atoms with Crippen LogP contribution in [0.2, 0.25) is 0 Å². The lowest BCUT2D eigenvalue weighted by atomic mass is 10.0. The van der Waals surface area contributed by atoms with Gasteiger partial charge in [-0.25, -0.2) is 4.98 Å². The van der Waals surface area contributed by atoms with Crippen LogP contribution in [0.5, 0.6) is 0 Å². The third kappa shape index (κ3) is 2.41. The number of ketones is 1. The van der Waals surface area contributed by atoms with Gasteiger partial charge in [-0.3, -0.25) is 9.59 Å². The minimum absolute atomic E-state index is 0.165. The number of aryl methyl sites for hydroxylation is 1. The zero-order valence-corrected chi connectivity index (χ0v) is 10.2. The molecule has 1 aromatic rings. The molecule has 0 aromatic carbocycles. The first-order chi connectivity index (χ1) is 8.11. The summed E-state index contributed by atoms with van der Waals surface area (Å²) in [7, 11) is 0. The second-order valence-corrected chi connectivity index (χ2v) is 4.97. The van der Waals surface area contributed by atoms with Crippen molar-refractivity contribution in [2.75, 3.05) is 5.32 Å². The van der Waals surface area contributed by atoms with Gasteiger partial charge in [-0.05, 0) is 19.3 Å². The van der Waals surface area contributed by atoms with E-state index in [-0.39, 0.29) is 11.7 Å². The molecule has 0 radical (unpaired) electrons. The number of amides is 1. The second kappa shape index (κ2) is 4.75. The highest BCUT2D eigenvalue weighted by molar-refractivity contribution is 7.17. The molecule has 0 spiro atoms. The number of nitrogens with one attached hydrogen (secondary N) is 1. The van der Waals surface area contributed by atoms with Gasteiger partial charge < -0.3 is 10.1 Å². The average Bonchev–Trinajstić information content (AvgIpc) is 2.59. The van der Waals surface area contributed by atoms with Crippen molar-refractivity contribution in [2.45, 2.75) is 26.2 Å². The normalized spacial score (nSPS) is 19.4. The van der Waals surface area contributed by atoms with E-state index in [2.05, 4.69) is 10.3 Å². The zero-order valence-electron chi connectivity index (χ0n) is 9.36. The van der Waals surface area contributed by atoms with Crippen LogP contribution in [0.15, 0.2) is 0 Å². The fourth-order valence-corrected chi connectivity index (χ4v) is 2.90. The molecule has 1 N–H and O–H groups in total. The molecule has 0 fully saturated rings. The number of thiazole rings is 1. The molecule has 1 aromatic heterocycles. The van der Waals surface area contributed by atoms with Crippen LogP contribution in [0, 0.1) is 5.92 Å². The Hall–Kier alpha value is -1.56. The van der Waals surface area contributed by atoms with Gasteiger partial charge in [0, 0.05) is 6.92 Å². The standard InChI is InChI=1S/C11H12N2O3S/c1-6(15)12-11-13-8-4-2-3-7(5-14)9(16)10(8)17-11/h5,7H,2-4H2,1H3,(H,12,13,15). The number of hydrogen-bond donors (Lipinski definition) is 1. The minimum atomic E-state index is -0.554. The van der Waals surface area contributed by atoms with Gasteiger partial charge in [0.1, 0.15) is 6.29 Å². The van der Waals surface area contributed by atoms with E-state index in [1.54, 1.807) is 0 Å². The Labute approximate surface area is 102 Å². The summed E-state index contributed by atoms with van der Waals surface area (Å²) in [6.45, 7) is 1.39. The number of hydrogen-bond acceptors (Lipinski definition) is 5. The first-order valence-electron chi connectivity index (χ1n) is 5.38. The van der Waals surface area contributed by atoms with E-state index in [0.717, 1.165) is 17.8 Å². The van der Waals surface area contributed by atoms with Crippen molar-refractivity contribution in [3.05, 3.63) is 10.6 Å². The van der Waals surface area contributed by atoms with Gasteiger partial charge in [0.05, 0.1) is 16.5 Å². The molecule has 0 saturated carbocycles. The van der Waals surface area contributed by atoms with Gasteiger partial charge in [-0.1, -0.05) is 11.3 Å². The van der Waals surface area contributed by atoms with Crippen LogP contribution in [-0.2, 0) is 16.0 Å². The molecule has 1 aliphatic carbocycles. The van der Waals surface area contributed by atoms with E-state index >= 15 is 0 Å². The van der Waals surface area contributed by atoms with Crippen LogP contribution < -0.4 is 5.32 Å². The Kier molecular flexibility index (Phi) is 3.33. The lowest BCUT2D eigenvalue weighted by molar-refractivity contribution is -0.114. The fraction of sp³-hybridized carbons (Fsp3) is 0.455. The van der Waals surface area contributed by atoms with E-state index in [1.807, 2.05) is 0 Å². The molecule has 2 rings (SSSR count). The van der Waals surface area contributed by atoms with Crippen LogP contribution >= 0.6 is 11.3 Å². The van der Waals surface area contributed by atoms with Gasteiger partial charge in [0.15, 0.2) is 10.9 Å². The van der Waals surface area contributed by atoms with E-state index < -0.39 is 5.92 Å². The number of aldehydes is 1. The molecule has 1 amide bonds. The second-order valence-electron chi connectivity index (χ2n) is 3.98. The van der Waals surface area contributed by atoms with Crippen molar-refractivity contribution < 1.29 is 14.4 Å². The number of fused-ring (bicyclic) bond motifs is 1.